The van der Waals surface area contributed by atoms with Crippen molar-refractivity contribution in [2.24, 2.45) is 5.92 Å². The number of aromatic amines is 1. The third kappa shape index (κ3) is 2.39. The predicted molar refractivity (Wildman–Crippen MR) is 79.5 cm³/mol. The molecule has 0 spiro atoms. The smallest absolute Gasteiger partial charge is 0.107 e. The van der Waals surface area contributed by atoms with E-state index in [2.05, 4.69) is 47.3 Å². The average Bonchev–Trinajstić information content (AvgIpc) is 3.02. The number of nitrogens with zero attached hydrogens (tertiary/aromatic N) is 1. The van der Waals surface area contributed by atoms with Crippen molar-refractivity contribution in [3.63, 3.8) is 0 Å². The van der Waals surface area contributed by atoms with E-state index in [4.69, 9.17) is 0 Å². The van der Waals surface area contributed by atoms with Crippen LogP contribution >= 0.6 is 0 Å². The van der Waals surface area contributed by atoms with Gasteiger partial charge >= 0.3 is 0 Å². The molecule has 1 aliphatic carbocycles. The molecule has 2 aromatic rings. The van der Waals surface area contributed by atoms with E-state index in [0.717, 1.165) is 24.3 Å². The standard InChI is InChI=1S/C16H23N3/c1-11(2)8-15-18-13-5-4-12(9-14(13)19-15)16(6-7-16)10-17-3/h4-5,9,11,17H,6-8,10H2,1-3H3,(H,18,19). The molecular weight excluding hydrogens is 234 g/mol. The average molecular weight is 257 g/mol. The molecule has 0 radical (unpaired) electrons. The molecule has 19 heavy (non-hydrogen) atoms. The van der Waals surface area contributed by atoms with E-state index in [-0.39, 0.29) is 0 Å². The maximum absolute atomic E-state index is 4.67. The Labute approximate surface area is 114 Å². The lowest BCUT2D eigenvalue weighted by atomic mass is 9.95. The summed E-state index contributed by atoms with van der Waals surface area (Å²) < 4.78 is 0. The number of imidazole rings is 1. The first-order valence-corrected chi connectivity index (χ1v) is 7.27. The van der Waals surface area contributed by atoms with Crippen molar-refractivity contribution in [3.8, 4) is 0 Å². The summed E-state index contributed by atoms with van der Waals surface area (Å²) in [6.45, 7) is 5.53. The van der Waals surface area contributed by atoms with Crippen LogP contribution in [0.5, 0.6) is 0 Å². The number of nitrogens with one attached hydrogen (secondary N) is 2. The largest absolute Gasteiger partial charge is 0.342 e. The summed E-state index contributed by atoms with van der Waals surface area (Å²) in [6, 6.07) is 6.73. The van der Waals surface area contributed by atoms with Crippen molar-refractivity contribution in [1.82, 2.24) is 15.3 Å². The van der Waals surface area contributed by atoms with Crippen LogP contribution in [0, 0.1) is 5.92 Å². The summed E-state index contributed by atoms with van der Waals surface area (Å²) in [7, 11) is 2.04. The Morgan fingerprint density at radius 3 is 2.79 bits per heavy atom. The van der Waals surface area contributed by atoms with Gasteiger partial charge in [-0.05, 0) is 43.5 Å². The van der Waals surface area contributed by atoms with Gasteiger partial charge in [0.05, 0.1) is 11.0 Å². The van der Waals surface area contributed by atoms with Gasteiger partial charge in [-0.3, -0.25) is 0 Å². The van der Waals surface area contributed by atoms with Gasteiger partial charge in [-0.1, -0.05) is 19.9 Å². The molecule has 1 fully saturated rings. The quantitative estimate of drug-likeness (QED) is 0.864. The molecule has 3 nitrogen and oxygen atoms in total. The molecule has 2 N–H and O–H groups in total. The highest BCUT2D eigenvalue weighted by Crippen LogP contribution is 2.48. The Morgan fingerprint density at radius 1 is 1.37 bits per heavy atom. The van der Waals surface area contributed by atoms with E-state index in [1.807, 2.05) is 7.05 Å². The van der Waals surface area contributed by atoms with E-state index in [1.54, 1.807) is 0 Å². The van der Waals surface area contributed by atoms with E-state index in [1.165, 1.54) is 23.9 Å². The van der Waals surface area contributed by atoms with Gasteiger partial charge in [0, 0.05) is 18.4 Å². The second-order valence-electron chi connectivity index (χ2n) is 6.32. The lowest BCUT2D eigenvalue weighted by Crippen LogP contribution is -2.23. The Kier molecular flexibility index (Phi) is 3.09. The first-order chi connectivity index (χ1) is 9.13. The molecule has 0 saturated heterocycles. The normalized spacial score (nSPS) is 17.3. The summed E-state index contributed by atoms with van der Waals surface area (Å²) >= 11 is 0. The molecule has 3 heteroatoms. The van der Waals surface area contributed by atoms with Crippen LogP contribution in [0.2, 0.25) is 0 Å². The first kappa shape index (κ1) is 12.7. The second kappa shape index (κ2) is 4.64. The van der Waals surface area contributed by atoms with Crippen molar-refractivity contribution >= 4 is 11.0 Å². The predicted octanol–water partition coefficient (Wildman–Crippen LogP) is 3.01. The molecular formula is C16H23N3. The minimum atomic E-state index is 0.381. The van der Waals surface area contributed by atoms with Crippen molar-refractivity contribution < 1.29 is 0 Å². The third-order valence-electron chi connectivity index (χ3n) is 4.11. The highest BCUT2D eigenvalue weighted by molar-refractivity contribution is 5.76. The molecule has 0 bridgehead atoms. The number of aromatic nitrogens is 2. The number of benzene rings is 1. The zero-order valence-corrected chi connectivity index (χ0v) is 12.1. The van der Waals surface area contributed by atoms with Gasteiger partial charge in [0.2, 0.25) is 0 Å². The van der Waals surface area contributed by atoms with Gasteiger partial charge in [-0.25, -0.2) is 4.98 Å². The summed E-state index contributed by atoms with van der Waals surface area (Å²) in [5, 5.41) is 3.32. The summed E-state index contributed by atoms with van der Waals surface area (Å²) in [5.41, 5.74) is 4.12. The molecule has 1 saturated carbocycles. The maximum Gasteiger partial charge on any atom is 0.107 e. The number of fused-ring (bicyclic) bond motifs is 1. The summed E-state index contributed by atoms with van der Waals surface area (Å²) in [6.07, 6.45) is 3.62. The van der Waals surface area contributed by atoms with E-state index < -0.39 is 0 Å². The van der Waals surface area contributed by atoms with Crippen molar-refractivity contribution in [1.29, 1.82) is 0 Å². The monoisotopic (exact) mass is 257 g/mol. The lowest BCUT2D eigenvalue weighted by molar-refractivity contribution is 0.624. The van der Waals surface area contributed by atoms with Gasteiger partial charge in [0.1, 0.15) is 5.82 Å². The number of hydrogen-bond acceptors (Lipinski definition) is 2. The van der Waals surface area contributed by atoms with E-state index in [0.29, 0.717) is 11.3 Å². The maximum atomic E-state index is 4.67. The molecule has 0 atom stereocenters. The Balaban J connectivity index is 1.92. The molecule has 0 amide bonds. The molecule has 102 valence electrons. The molecule has 1 heterocycles. The van der Waals surface area contributed by atoms with Crippen LogP contribution in [0.25, 0.3) is 11.0 Å². The first-order valence-electron chi connectivity index (χ1n) is 7.27. The zero-order valence-electron chi connectivity index (χ0n) is 12.1. The van der Waals surface area contributed by atoms with Crippen molar-refractivity contribution in [3.05, 3.63) is 29.6 Å². The molecule has 1 aromatic heterocycles. The van der Waals surface area contributed by atoms with Crippen molar-refractivity contribution in [2.75, 3.05) is 13.6 Å². The lowest BCUT2D eigenvalue weighted by Gasteiger charge is -2.14. The number of likely N-dealkylation sites (N-methyl/N-ethyl adjacent to an activating group) is 1. The van der Waals surface area contributed by atoms with Gasteiger partial charge < -0.3 is 10.3 Å². The number of H-pyrrole nitrogens is 1. The minimum Gasteiger partial charge on any atom is -0.342 e. The highest BCUT2D eigenvalue weighted by atomic mass is 14.9. The topological polar surface area (TPSA) is 40.7 Å². The summed E-state index contributed by atoms with van der Waals surface area (Å²) in [5.74, 6) is 1.75. The molecule has 1 aromatic carbocycles. The fraction of sp³-hybridized carbons (Fsp3) is 0.562. The van der Waals surface area contributed by atoms with Crippen LogP contribution in [0.15, 0.2) is 18.2 Å². The van der Waals surface area contributed by atoms with Gasteiger partial charge in [0.15, 0.2) is 0 Å². The van der Waals surface area contributed by atoms with Crippen LogP contribution in [0.1, 0.15) is 38.1 Å². The van der Waals surface area contributed by atoms with Crippen LogP contribution < -0.4 is 5.32 Å². The van der Waals surface area contributed by atoms with E-state index >= 15 is 0 Å². The highest BCUT2D eigenvalue weighted by Gasteiger charge is 2.43. The van der Waals surface area contributed by atoms with E-state index in [9.17, 15) is 0 Å². The fourth-order valence-corrected chi connectivity index (χ4v) is 2.93. The Bertz CT molecular complexity index is 579. The van der Waals surface area contributed by atoms with Crippen LogP contribution in [0.3, 0.4) is 0 Å². The zero-order chi connectivity index (χ0) is 13.5. The van der Waals surface area contributed by atoms with Crippen LogP contribution in [-0.2, 0) is 11.8 Å². The number of rotatable bonds is 5. The van der Waals surface area contributed by atoms with Gasteiger partial charge in [-0.15, -0.1) is 0 Å². The van der Waals surface area contributed by atoms with Crippen LogP contribution in [-0.4, -0.2) is 23.6 Å². The Hall–Kier alpha value is -1.35. The molecule has 0 unspecified atom stereocenters. The van der Waals surface area contributed by atoms with Gasteiger partial charge in [-0.2, -0.15) is 0 Å². The Morgan fingerprint density at radius 2 is 2.16 bits per heavy atom. The SMILES string of the molecule is CNCC1(c2ccc3nc(CC(C)C)[nH]c3c2)CC1. The minimum absolute atomic E-state index is 0.381. The van der Waals surface area contributed by atoms with Crippen LogP contribution in [0.4, 0.5) is 0 Å². The third-order valence-corrected chi connectivity index (χ3v) is 4.11. The molecule has 0 aliphatic heterocycles. The van der Waals surface area contributed by atoms with Gasteiger partial charge in [0.25, 0.3) is 0 Å². The molecule has 1 aliphatic rings. The molecule has 3 rings (SSSR count). The number of hydrogen-bond donors (Lipinski definition) is 2. The second-order valence-corrected chi connectivity index (χ2v) is 6.32. The summed E-state index contributed by atoms with van der Waals surface area (Å²) in [4.78, 5) is 8.15. The fourth-order valence-electron chi connectivity index (χ4n) is 2.93. The van der Waals surface area contributed by atoms with Crippen molar-refractivity contribution in [2.45, 2.75) is 38.5 Å².